The average molecular weight is 580 g/mol. The first-order valence-electron chi connectivity index (χ1n) is 9.00. The molecule has 0 bridgehead atoms. The molecule has 3 heterocycles. The summed E-state index contributed by atoms with van der Waals surface area (Å²) in [5, 5.41) is 9.75. The van der Waals surface area contributed by atoms with Crippen molar-refractivity contribution >= 4 is 61.0 Å². The van der Waals surface area contributed by atoms with Crippen LogP contribution in [0.1, 0.15) is 34.8 Å². The molecule has 0 fully saturated rings. The Hall–Kier alpha value is -1.92. The van der Waals surface area contributed by atoms with Crippen molar-refractivity contribution in [1.29, 1.82) is 0 Å². The maximum Gasteiger partial charge on any atom is 0.410 e. The number of alkyl halides is 3. The van der Waals surface area contributed by atoms with Gasteiger partial charge in [0.25, 0.3) is 5.91 Å². The van der Waals surface area contributed by atoms with Crippen LogP contribution in [-0.2, 0) is 0 Å². The molecular formula is C19H15Br2F3N4O2S. The molecular weight excluding hydrogens is 565 g/mol. The van der Waals surface area contributed by atoms with Gasteiger partial charge in [0.05, 0.1) is 16.2 Å². The lowest BCUT2D eigenvalue weighted by Gasteiger charge is -2.32. The van der Waals surface area contributed by atoms with Crippen LogP contribution in [0.25, 0.3) is 0 Å². The average Bonchev–Trinajstić information content (AvgIpc) is 3.30. The molecule has 164 valence electrons. The molecule has 6 nitrogen and oxygen atoms in total. The highest BCUT2D eigenvalue weighted by atomic mass is 79.9. The normalized spacial score (nSPS) is 18.4. The zero-order valence-corrected chi connectivity index (χ0v) is 19.8. The number of fused-ring (bicyclic) bond motifs is 1. The van der Waals surface area contributed by atoms with Gasteiger partial charge in [0.1, 0.15) is 11.6 Å². The Morgan fingerprint density at radius 2 is 2.03 bits per heavy atom. The fourth-order valence-electron chi connectivity index (χ4n) is 3.37. The highest BCUT2D eigenvalue weighted by Gasteiger charge is 2.48. The molecule has 0 aliphatic carbocycles. The summed E-state index contributed by atoms with van der Waals surface area (Å²) in [4.78, 5) is 13.7. The van der Waals surface area contributed by atoms with Crippen LogP contribution < -0.4 is 10.6 Å². The molecule has 0 spiro atoms. The molecule has 4 rings (SSSR count). The Morgan fingerprint density at radius 3 is 2.68 bits per heavy atom. The molecule has 1 amide bonds. The van der Waals surface area contributed by atoms with E-state index in [0.29, 0.717) is 16.1 Å². The standard InChI is InChI=1S/C19H15Br2F3N4O2S/c1-31-12-5-3-2-4-9(12)26-18(29)16-15(21)17-25-10(11-6-7-14(20)30-11)8-13(19(22,23)24)28(17)27-16/h2-7,10,13,25H,8H2,1H3,(H,26,29). The zero-order chi connectivity index (χ0) is 22.3. The van der Waals surface area contributed by atoms with E-state index in [1.807, 2.05) is 18.4 Å². The summed E-state index contributed by atoms with van der Waals surface area (Å²) in [6.45, 7) is 0. The largest absolute Gasteiger partial charge is 0.452 e. The number of furan rings is 1. The number of carbonyl (C=O) groups is 1. The first-order chi connectivity index (χ1) is 14.7. The summed E-state index contributed by atoms with van der Waals surface area (Å²) in [6, 6.07) is 7.69. The molecule has 0 saturated carbocycles. The van der Waals surface area contributed by atoms with E-state index in [1.165, 1.54) is 11.8 Å². The number of amides is 1. The Balaban J connectivity index is 1.70. The molecule has 2 unspecified atom stereocenters. The molecule has 0 saturated heterocycles. The number of para-hydroxylation sites is 1. The van der Waals surface area contributed by atoms with Gasteiger partial charge in [0.15, 0.2) is 16.4 Å². The van der Waals surface area contributed by atoms with Crippen LogP contribution in [0.3, 0.4) is 0 Å². The van der Waals surface area contributed by atoms with Crippen LogP contribution in [0, 0.1) is 0 Å². The maximum atomic E-state index is 13.9. The minimum absolute atomic E-state index is 0.0643. The first-order valence-corrected chi connectivity index (χ1v) is 11.8. The van der Waals surface area contributed by atoms with E-state index in [1.54, 1.807) is 24.3 Å². The number of hydrogen-bond acceptors (Lipinski definition) is 5. The number of nitrogens with zero attached hydrogens (tertiary/aromatic N) is 2. The highest BCUT2D eigenvalue weighted by Crippen LogP contribution is 2.46. The molecule has 0 radical (unpaired) electrons. The van der Waals surface area contributed by atoms with Crippen molar-refractivity contribution in [2.24, 2.45) is 0 Å². The van der Waals surface area contributed by atoms with Gasteiger partial charge >= 0.3 is 6.18 Å². The number of nitrogens with one attached hydrogen (secondary N) is 2. The van der Waals surface area contributed by atoms with E-state index in [0.717, 1.165) is 9.58 Å². The SMILES string of the molecule is CSc1ccccc1NC(=O)c1nn2c(c1Br)NC(c1ccc(Br)o1)CC2C(F)(F)F. The summed E-state index contributed by atoms with van der Waals surface area (Å²) >= 11 is 7.88. The van der Waals surface area contributed by atoms with Crippen LogP contribution in [0.15, 0.2) is 54.9 Å². The van der Waals surface area contributed by atoms with E-state index in [4.69, 9.17) is 4.42 Å². The lowest BCUT2D eigenvalue weighted by molar-refractivity contribution is -0.174. The fourth-order valence-corrected chi connectivity index (χ4v) is 4.79. The van der Waals surface area contributed by atoms with Crippen LogP contribution in [0.2, 0.25) is 0 Å². The van der Waals surface area contributed by atoms with Gasteiger partial charge in [-0.2, -0.15) is 18.3 Å². The number of hydrogen-bond donors (Lipinski definition) is 2. The highest BCUT2D eigenvalue weighted by molar-refractivity contribution is 9.10. The molecule has 1 aromatic carbocycles. The van der Waals surface area contributed by atoms with Crippen LogP contribution in [-0.4, -0.2) is 28.1 Å². The van der Waals surface area contributed by atoms with E-state index >= 15 is 0 Å². The molecule has 3 aromatic rings. The predicted octanol–water partition coefficient (Wildman–Crippen LogP) is 6.64. The van der Waals surface area contributed by atoms with Gasteiger partial charge in [-0.3, -0.25) is 4.79 Å². The van der Waals surface area contributed by atoms with Gasteiger partial charge in [0, 0.05) is 11.3 Å². The van der Waals surface area contributed by atoms with Crippen molar-refractivity contribution in [3.63, 3.8) is 0 Å². The molecule has 31 heavy (non-hydrogen) atoms. The number of aromatic nitrogens is 2. The second kappa shape index (κ2) is 8.55. The Morgan fingerprint density at radius 1 is 1.29 bits per heavy atom. The second-order valence-corrected chi connectivity index (χ2v) is 9.16. The molecule has 12 heteroatoms. The topological polar surface area (TPSA) is 72.1 Å². The number of benzene rings is 1. The lowest BCUT2D eigenvalue weighted by Crippen LogP contribution is -2.35. The van der Waals surface area contributed by atoms with E-state index in [9.17, 15) is 18.0 Å². The number of rotatable bonds is 4. The predicted molar refractivity (Wildman–Crippen MR) is 119 cm³/mol. The summed E-state index contributed by atoms with van der Waals surface area (Å²) in [7, 11) is 0. The van der Waals surface area contributed by atoms with E-state index in [-0.39, 0.29) is 22.4 Å². The first kappa shape index (κ1) is 22.3. The third-order valence-corrected chi connectivity index (χ3v) is 6.78. The fraction of sp³-hybridized carbons (Fsp3) is 0.263. The third-order valence-electron chi connectivity index (χ3n) is 4.80. The van der Waals surface area contributed by atoms with Gasteiger partial charge in [-0.15, -0.1) is 11.8 Å². The quantitative estimate of drug-likeness (QED) is 0.339. The second-order valence-electron chi connectivity index (χ2n) is 6.74. The van der Waals surface area contributed by atoms with E-state index < -0.39 is 24.2 Å². The summed E-state index contributed by atoms with van der Waals surface area (Å²) in [5.74, 6) is -0.204. The van der Waals surface area contributed by atoms with Crippen molar-refractivity contribution in [3.8, 4) is 0 Å². The zero-order valence-electron chi connectivity index (χ0n) is 15.8. The van der Waals surface area contributed by atoms with Gasteiger partial charge in [0.2, 0.25) is 0 Å². The third kappa shape index (κ3) is 4.37. The Kier molecular flexibility index (Phi) is 6.14. The van der Waals surface area contributed by atoms with Crippen LogP contribution in [0.4, 0.5) is 24.7 Å². The monoisotopic (exact) mass is 578 g/mol. The van der Waals surface area contributed by atoms with Crippen molar-refractivity contribution < 1.29 is 22.4 Å². The Bertz CT molecular complexity index is 1130. The molecule has 2 atom stereocenters. The minimum atomic E-state index is -4.57. The Labute approximate surface area is 196 Å². The number of thioether (sulfide) groups is 1. The van der Waals surface area contributed by atoms with Crippen molar-refractivity contribution in [1.82, 2.24) is 9.78 Å². The number of halogens is 5. The molecule has 1 aliphatic rings. The lowest BCUT2D eigenvalue weighted by atomic mass is 10.0. The van der Waals surface area contributed by atoms with Gasteiger partial charge < -0.3 is 15.1 Å². The summed E-state index contributed by atoms with van der Waals surface area (Å²) in [6.07, 6.45) is -3.04. The molecule has 2 N–H and O–H groups in total. The maximum absolute atomic E-state index is 13.9. The number of carbonyl (C=O) groups excluding carboxylic acids is 1. The van der Waals surface area contributed by atoms with Crippen LogP contribution in [0.5, 0.6) is 0 Å². The molecule has 2 aromatic heterocycles. The van der Waals surface area contributed by atoms with Crippen LogP contribution >= 0.6 is 43.6 Å². The summed E-state index contributed by atoms with van der Waals surface area (Å²) < 4.78 is 48.4. The minimum Gasteiger partial charge on any atom is -0.452 e. The summed E-state index contributed by atoms with van der Waals surface area (Å²) in [5.41, 5.74) is 0.408. The smallest absolute Gasteiger partial charge is 0.410 e. The van der Waals surface area contributed by atoms with Crippen molar-refractivity contribution in [2.75, 3.05) is 16.9 Å². The van der Waals surface area contributed by atoms with Crippen molar-refractivity contribution in [3.05, 3.63) is 57.0 Å². The van der Waals surface area contributed by atoms with Crippen molar-refractivity contribution in [2.45, 2.75) is 29.6 Å². The van der Waals surface area contributed by atoms with Gasteiger partial charge in [-0.05, 0) is 62.4 Å². The number of anilines is 2. The molecule has 1 aliphatic heterocycles. The van der Waals surface area contributed by atoms with Gasteiger partial charge in [-0.25, -0.2) is 4.68 Å². The van der Waals surface area contributed by atoms with Gasteiger partial charge in [-0.1, -0.05) is 12.1 Å². The van der Waals surface area contributed by atoms with E-state index in [2.05, 4.69) is 47.6 Å².